The Balaban J connectivity index is 1.87. The van der Waals surface area contributed by atoms with Crippen LogP contribution in [0.3, 0.4) is 0 Å². The van der Waals surface area contributed by atoms with Gasteiger partial charge in [0.25, 0.3) is 0 Å². The van der Waals surface area contributed by atoms with E-state index >= 15 is 0 Å². The molecule has 0 spiro atoms. The van der Waals surface area contributed by atoms with E-state index in [9.17, 15) is 4.79 Å². The standard InChI is InChI=1S/C17H16N4O2/c1-11(22)20-12-3-5-13(6-4-12)21-17-15-8-7-14(23-2)9-16(15)18-10-19-17/h3-10H,1-2H3,(H,20,22)(H,18,19,21). The minimum absolute atomic E-state index is 0.0959. The zero-order chi connectivity index (χ0) is 16.2. The van der Waals surface area contributed by atoms with Crippen LogP contribution in [0.15, 0.2) is 48.8 Å². The van der Waals surface area contributed by atoms with Crippen molar-refractivity contribution in [1.29, 1.82) is 0 Å². The topological polar surface area (TPSA) is 76.1 Å². The summed E-state index contributed by atoms with van der Waals surface area (Å²) in [6, 6.07) is 13.1. The number of anilines is 3. The van der Waals surface area contributed by atoms with Gasteiger partial charge in [0.1, 0.15) is 17.9 Å². The molecule has 0 aliphatic heterocycles. The van der Waals surface area contributed by atoms with Gasteiger partial charge >= 0.3 is 0 Å². The number of fused-ring (bicyclic) bond motifs is 1. The van der Waals surface area contributed by atoms with Crippen LogP contribution >= 0.6 is 0 Å². The highest BCUT2D eigenvalue weighted by atomic mass is 16.5. The molecule has 0 unspecified atom stereocenters. The molecule has 6 nitrogen and oxygen atoms in total. The van der Waals surface area contributed by atoms with Crippen LogP contribution in [0.25, 0.3) is 10.9 Å². The minimum Gasteiger partial charge on any atom is -0.497 e. The van der Waals surface area contributed by atoms with Gasteiger partial charge < -0.3 is 15.4 Å². The fraction of sp³-hybridized carbons (Fsp3) is 0.118. The molecule has 1 heterocycles. The zero-order valence-electron chi connectivity index (χ0n) is 12.8. The van der Waals surface area contributed by atoms with Gasteiger partial charge in [-0.3, -0.25) is 4.79 Å². The van der Waals surface area contributed by atoms with E-state index in [1.165, 1.54) is 13.3 Å². The molecule has 0 saturated carbocycles. The summed E-state index contributed by atoms with van der Waals surface area (Å²) in [6.45, 7) is 1.48. The highest BCUT2D eigenvalue weighted by Gasteiger charge is 2.05. The third kappa shape index (κ3) is 3.37. The van der Waals surface area contributed by atoms with E-state index in [4.69, 9.17) is 4.74 Å². The average Bonchev–Trinajstić information content (AvgIpc) is 2.56. The number of amides is 1. The smallest absolute Gasteiger partial charge is 0.221 e. The summed E-state index contributed by atoms with van der Waals surface area (Å²) >= 11 is 0. The summed E-state index contributed by atoms with van der Waals surface area (Å²) in [7, 11) is 1.62. The number of benzene rings is 2. The molecule has 116 valence electrons. The Morgan fingerprint density at radius 2 is 1.78 bits per heavy atom. The van der Waals surface area contributed by atoms with Crippen molar-refractivity contribution in [3.63, 3.8) is 0 Å². The van der Waals surface area contributed by atoms with Gasteiger partial charge in [0.05, 0.1) is 12.6 Å². The van der Waals surface area contributed by atoms with E-state index in [0.29, 0.717) is 5.82 Å². The lowest BCUT2D eigenvalue weighted by molar-refractivity contribution is -0.114. The Labute approximate surface area is 133 Å². The number of hydrogen-bond acceptors (Lipinski definition) is 5. The summed E-state index contributed by atoms with van der Waals surface area (Å²) < 4.78 is 5.21. The Bertz CT molecular complexity index is 847. The van der Waals surface area contributed by atoms with Crippen LogP contribution in [-0.4, -0.2) is 23.0 Å². The van der Waals surface area contributed by atoms with Gasteiger partial charge in [-0.15, -0.1) is 0 Å². The largest absolute Gasteiger partial charge is 0.497 e. The molecular formula is C17H16N4O2. The lowest BCUT2D eigenvalue weighted by Gasteiger charge is -2.10. The number of ether oxygens (including phenoxy) is 1. The summed E-state index contributed by atoms with van der Waals surface area (Å²) in [5.74, 6) is 1.37. The summed E-state index contributed by atoms with van der Waals surface area (Å²) in [5.41, 5.74) is 2.42. The molecule has 1 aromatic heterocycles. The maximum absolute atomic E-state index is 11.0. The molecule has 0 fully saturated rings. The minimum atomic E-state index is -0.0959. The number of nitrogens with zero attached hydrogens (tertiary/aromatic N) is 2. The molecule has 0 bridgehead atoms. The number of nitrogens with one attached hydrogen (secondary N) is 2. The van der Waals surface area contributed by atoms with Crippen LogP contribution in [0.5, 0.6) is 5.75 Å². The van der Waals surface area contributed by atoms with Gasteiger partial charge in [0.2, 0.25) is 5.91 Å². The SMILES string of the molecule is COc1ccc2c(Nc3ccc(NC(C)=O)cc3)ncnc2c1. The van der Waals surface area contributed by atoms with Crippen LogP contribution in [-0.2, 0) is 4.79 Å². The van der Waals surface area contributed by atoms with Crippen molar-refractivity contribution in [1.82, 2.24) is 9.97 Å². The summed E-state index contributed by atoms with van der Waals surface area (Å²) in [4.78, 5) is 19.6. The van der Waals surface area contributed by atoms with E-state index in [-0.39, 0.29) is 5.91 Å². The van der Waals surface area contributed by atoms with E-state index in [0.717, 1.165) is 28.0 Å². The molecule has 3 aromatic rings. The average molecular weight is 308 g/mol. The molecule has 6 heteroatoms. The van der Waals surface area contributed by atoms with Crippen molar-refractivity contribution in [3.05, 3.63) is 48.8 Å². The molecule has 3 rings (SSSR count). The Hall–Kier alpha value is -3.15. The normalized spacial score (nSPS) is 10.3. The molecule has 0 aliphatic rings. The van der Waals surface area contributed by atoms with Crippen molar-refractivity contribution in [3.8, 4) is 5.75 Å². The van der Waals surface area contributed by atoms with Gasteiger partial charge in [-0.1, -0.05) is 0 Å². The number of rotatable bonds is 4. The third-order valence-corrected chi connectivity index (χ3v) is 3.31. The van der Waals surface area contributed by atoms with E-state index in [1.807, 2.05) is 42.5 Å². The van der Waals surface area contributed by atoms with Gasteiger partial charge in [-0.2, -0.15) is 0 Å². The number of carbonyl (C=O) groups is 1. The fourth-order valence-electron chi connectivity index (χ4n) is 2.24. The molecule has 0 saturated heterocycles. The second-order valence-electron chi connectivity index (χ2n) is 4.99. The Morgan fingerprint density at radius 3 is 2.48 bits per heavy atom. The second-order valence-corrected chi connectivity index (χ2v) is 4.99. The molecule has 2 aromatic carbocycles. The van der Waals surface area contributed by atoms with Crippen molar-refractivity contribution in [2.24, 2.45) is 0 Å². The third-order valence-electron chi connectivity index (χ3n) is 3.31. The molecule has 2 N–H and O–H groups in total. The summed E-state index contributed by atoms with van der Waals surface area (Å²) in [6.07, 6.45) is 1.51. The molecular weight excluding hydrogens is 292 g/mol. The van der Waals surface area contributed by atoms with Gasteiger partial charge in [0.15, 0.2) is 0 Å². The maximum Gasteiger partial charge on any atom is 0.221 e. The second kappa shape index (κ2) is 6.31. The van der Waals surface area contributed by atoms with Gasteiger partial charge in [-0.05, 0) is 36.4 Å². The van der Waals surface area contributed by atoms with Gasteiger partial charge in [-0.25, -0.2) is 9.97 Å². The molecule has 0 aliphatic carbocycles. The lowest BCUT2D eigenvalue weighted by Crippen LogP contribution is -2.05. The first-order valence-corrected chi connectivity index (χ1v) is 7.09. The quantitative estimate of drug-likeness (QED) is 0.773. The first-order chi connectivity index (χ1) is 11.2. The van der Waals surface area contributed by atoms with Crippen LogP contribution in [0.2, 0.25) is 0 Å². The number of methoxy groups -OCH3 is 1. The van der Waals surface area contributed by atoms with Crippen LogP contribution < -0.4 is 15.4 Å². The predicted molar refractivity (Wildman–Crippen MR) is 90.1 cm³/mol. The van der Waals surface area contributed by atoms with E-state index < -0.39 is 0 Å². The lowest BCUT2D eigenvalue weighted by atomic mass is 10.2. The van der Waals surface area contributed by atoms with Crippen LogP contribution in [0.1, 0.15) is 6.92 Å². The van der Waals surface area contributed by atoms with Crippen LogP contribution in [0.4, 0.5) is 17.2 Å². The van der Waals surface area contributed by atoms with E-state index in [1.54, 1.807) is 7.11 Å². The van der Waals surface area contributed by atoms with Crippen molar-refractivity contribution >= 4 is 34.0 Å². The summed E-state index contributed by atoms with van der Waals surface area (Å²) in [5, 5.41) is 6.89. The Morgan fingerprint density at radius 1 is 1.04 bits per heavy atom. The first kappa shape index (κ1) is 14.8. The van der Waals surface area contributed by atoms with Crippen molar-refractivity contribution in [2.75, 3.05) is 17.7 Å². The Kier molecular flexibility index (Phi) is 4.05. The van der Waals surface area contributed by atoms with Crippen molar-refractivity contribution < 1.29 is 9.53 Å². The fourth-order valence-corrected chi connectivity index (χ4v) is 2.24. The molecule has 0 atom stereocenters. The highest BCUT2D eigenvalue weighted by molar-refractivity contribution is 5.92. The molecule has 23 heavy (non-hydrogen) atoms. The number of carbonyl (C=O) groups excluding carboxylic acids is 1. The molecule has 0 radical (unpaired) electrons. The number of aromatic nitrogens is 2. The molecule has 1 amide bonds. The van der Waals surface area contributed by atoms with Gasteiger partial charge in [0, 0.05) is 29.8 Å². The van der Waals surface area contributed by atoms with Crippen molar-refractivity contribution in [2.45, 2.75) is 6.92 Å². The first-order valence-electron chi connectivity index (χ1n) is 7.09. The van der Waals surface area contributed by atoms with Crippen LogP contribution in [0, 0.1) is 0 Å². The predicted octanol–water partition coefficient (Wildman–Crippen LogP) is 3.34. The monoisotopic (exact) mass is 308 g/mol. The van der Waals surface area contributed by atoms with E-state index in [2.05, 4.69) is 20.6 Å². The number of hydrogen-bond donors (Lipinski definition) is 2. The maximum atomic E-state index is 11.0. The zero-order valence-corrected chi connectivity index (χ0v) is 12.8. The highest BCUT2D eigenvalue weighted by Crippen LogP contribution is 2.26.